The molecule has 4 nitrogen and oxygen atoms in total. The first-order valence-electron chi connectivity index (χ1n) is 3.82. The van der Waals surface area contributed by atoms with Crippen LogP contribution in [0.25, 0.3) is 0 Å². The van der Waals surface area contributed by atoms with Crippen LogP contribution in [-0.4, -0.2) is 18.2 Å². The molecule has 14 heavy (non-hydrogen) atoms. The molecular weight excluding hydrogens is 247 g/mol. The van der Waals surface area contributed by atoms with Crippen molar-refractivity contribution in [1.29, 1.82) is 0 Å². The van der Waals surface area contributed by atoms with E-state index in [1.807, 2.05) is 20.8 Å². The summed E-state index contributed by atoms with van der Waals surface area (Å²) in [5.74, 6) is 0. The van der Waals surface area contributed by atoms with Crippen molar-refractivity contribution in [3.63, 3.8) is 0 Å². The summed E-state index contributed by atoms with van der Waals surface area (Å²) in [6, 6.07) is 0. The lowest BCUT2D eigenvalue weighted by atomic mass is 10.1. The zero-order chi connectivity index (χ0) is 11.1. The van der Waals surface area contributed by atoms with Gasteiger partial charge in [0.2, 0.25) is 0 Å². The molecule has 0 saturated heterocycles. The lowest BCUT2D eigenvalue weighted by Gasteiger charge is -2.20. The number of rotatable bonds is 1. The molecule has 0 aliphatic rings. The van der Waals surface area contributed by atoms with E-state index in [2.05, 4.69) is 5.10 Å². The highest BCUT2D eigenvalue weighted by molar-refractivity contribution is 8.13. The molecule has 1 aromatic rings. The first kappa shape index (κ1) is 11.8. The van der Waals surface area contributed by atoms with Crippen molar-refractivity contribution < 1.29 is 8.42 Å². The second-order valence-corrected chi connectivity index (χ2v) is 6.71. The maximum absolute atomic E-state index is 11.0. The van der Waals surface area contributed by atoms with Crippen LogP contribution < -0.4 is 0 Å². The fraction of sp³-hybridized carbons (Fsp3) is 0.571. The Bertz CT molecular complexity index is 445. The second-order valence-electron chi connectivity index (χ2n) is 3.82. The average Bonchev–Trinajstić information content (AvgIpc) is 2.26. The summed E-state index contributed by atoms with van der Waals surface area (Å²) in [4.78, 5) is -0.157. The van der Waals surface area contributed by atoms with Crippen molar-refractivity contribution in [3.05, 3.63) is 11.3 Å². The Morgan fingerprint density at radius 2 is 1.93 bits per heavy atom. The summed E-state index contributed by atoms with van der Waals surface area (Å²) in [6.45, 7) is 5.57. The topological polar surface area (TPSA) is 52.0 Å². The summed E-state index contributed by atoms with van der Waals surface area (Å²) in [6.07, 6.45) is 1.15. The number of nitrogens with zero attached hydrogens (tertiary/aromatic N) is 2. The summed E-state index contributed by atoms with van der Waals surface area (Å²) >= 11 is 5.83. The lowest BCUT2D eigenvalue weighted by molar-refractivity contribution is 0.355. The van der Waals surface area contributed by atoms with Crippen LogP contribution in [0.4, 0.5) is 0 Å². The van der Waals surface area contributed by atoms with E-state index in [0.29, 0.717) is 0 Å². The molecule has 1 heterocycles. The average molecular weight is 257 g/mol. The minimum Gasteiger partial charge on any atom is -0.247 e. The van der Waals surface area contributed by atoms with E-state index in [1.165, 1.54) is 4.68 Å². The number of halogens is 2. The molecular formula is C7H10Cl2N2O2S. The van der Waals surface area contributed by atoms with Gasteiger partial charge in [-0.25, -0.2) is 13.1 Å². The highest BCUT2D eigenvalue weighted by Gasteiger charge is 2.25. The van der Waals surface area contributed by atoms with Gasteiger partial charge in [0.25, 0.3) is 9.05 Å². The Balaban J connectivity index is 3.37. The normalized spacial score (nSPS) is 13.2. The smallest absolute Gasteiger partial charge is 0.247 e. The first-order valence-corrected chi connectivity index (χ1v) is 6.51. The summed E-state index contributed by atoms with van der Waals surface area (Å²) in [7, 11) is 1.35. The van der Waals surface area contributed by atoms with Crippen molar-refractivity contribution >= 4 is 31.3 Å². The molecule has 0 unspecified atom stereocenters. The van der Waals surface area contributed by atoms with Gasteiger partial charge in [-0.05, 0) is 20.8 Å². The van der Waals surface area contributed by atoms with Gasteiger partial charge in [-0.1, -0.05) is 11.6 Å². The predicted octanol–water partition coefficient (Wildman–Crippen LogP) is 2.22. The van der Waals surface area contributed by atoms with Crippen molar-refractivity contribution in [3.8, 4) is 0 Å². The summed E-state index contributed by atoms with van der Waals surface area (Å²) in [5, 5.41) is 3.91. The second kappa shape index (κ2) is 3.40. The van der Waals surface area contributed by atoms with E-state index in [-0.39, 0.29) is 15.6 Å². The molecule has 0 aliphatic carbocycles. The Labute approximate surface area is 92.2 Å². The van der Waals surface area contributed by atoms with Gasteiger partial charge in [-0.3, -0.25) is 0 Å². The molecule has 0 radical (unpaired) electrons. The van der Waals surface area contributed by atoms with Gasteiger partial charge in [0.15, 0.2) is 0 Å². The maximum atomic E-state index is 11.0. The highest BCUT2D eigenvalue weighted by atomic mass is 35.7. The number of aromatic nitrogens is 2. The molecule has 0 bridgehead atoms. The molecule has 7 heteroatoms. The van der Waals surface area contributed by atoms with E-state index in [0.717, 1.165) is 6.20 Å². The van der Waals surface area contributed by atoms with Gasteiger partial charge >= 0.3 is 0 Å². The van der Waals surface area contributed by atoms with Crippen LogP contribution in [0.15, 0.2) is 11.1 Å². The van der Waals surface area contributed by atoms with Crippen molar-refractivity contribution in [2.75, 3.05) is 0 Å². The Kier molecular flexibility index (Phi) is 2.87. The monoisotopic (exact) mass is 256 g/mol. The van der Waals surface area contributed by atoms with Crippen molar-refractivity contribution in [1.82, 2.24) is 9.78 Å². The van der Waals surface area contributed by atoms with Crippen LogP contribution in [-0.2, 0) is 14.6 Å². The van der Waals surface area contributed by atoms with E-state index in [9.17, 15) is 8.42 Å². The van der Waals surface area contributed by atoms with Crippen molar-refractivity contribution in [2.45, 2.75) is 31.2 Å². The summed E-state index contributed by atoms with van der Waals surface area (Å²) < 4.78 is 23.4. The van der Waals surface area contributed by atoms with E-state index < -0.39 is 9.05 Å². The van der Waals surface area contributed by atoms with Gasteiger partial charge in [-0.15, -0.1) is 0 Å². The molecule has 0 saturated carbocycles. The largest absolute Gasteiger partial charge is 0.265 e. The Morgan fingerprint density at radius 3 is 2.14 bits per heavy atom. The van der Waals surface area contributed by atoms with Gasteiger partial charge in [0.05, 0.1) is 11.7 Å². The van der Waals surface area contributed by atoms with Crippen LogP contribution in [0, 0.1) is 0 Å². The molecule has 0 aromatic carbocycles. The number of hydrogen-bond acceptors (Lipinski definition) is 3. The quantitative estimate of drug-likeness (QED) is 0.725. The maximum Gasteiger partial charge on any atom is 0.265 e. The lowest BCUT2D eigenvalue weighted by Crippen LogP contribution is -2.23. The van der Waals surface area contributed by atoms with E-state index in [4.69, 9.17) is 22.3 Å². The Hall–Kier alpha value is -0.260. The zero-order valence-corrected chi connectivity index (χ0v) is 10.3. The molecule has 0 fully saturated rings. The Morgan fingerprint density at radius 1 is 1.43 bits per heavy atom. The van der Waals surface area contributed by atoms with E-state index in [1.54, 1.807) is 0 Å². The molecule has 0 aliphatic heterocycles. The molecule has 1 rings (SSSR count). The first-order chi connectivity index (χ1) is 6.14. The van der Waals surface area contributed by atoms with Gasteiger partial charge in [-0.2, -0.15) is 5.10 Å². The molecule has 0 N–H and O–H groups in total. The minimum absolute atomic E-state index is 0.0347. The van der Waals surface area contributed by atoms with E-state index >= 15 is 0 Å². The third kappa shape index (κ3) is 2.21. The van der Waals surface area contributed by atoms with Gasteiger partial charge in [0, 0.05) is 10.7 Å². The van der Waals surface area contributed by atoms with Crippen LogP contribution in [0.1, 0.15) is 20.8 Å². The van der Waals surface area contributed by atoms with Gasteiger partial charge < -0.3 is 0 Å². The molecule has 80 valence electrons. The van der Waals surface area contributed by atoms with Crippen LogP contribution in [0.5, 0.6) is 0 Å². The number of hydrogen-bond donors (Lipinski definition) is 0. The fourth-order valence-electron chi connectivity index (χ4n) is 0.950. The third-order valence-electron chi connectivity index (χ3n) is 1.58. The fourth-order valence-corrected chi connectivity index (χ4v) is 2.52. The van der Waals surface area contributed by atoms with Crippen LogP contribution >= 0.6 is 22.3 Å². The van der Waals surface area contributed by atoms with Crippen molar-refractivity contribution in [2.24, 2.45) is 0 Å². The third-order valence-corrected chi connectivity index (χ3v) is 3.38. The molecule has 0 atom stereocenters. The standard InChI is InChI=1S/C7H10Cl2N2O2S/c1-7(2,3)11-6(8)5(4-10-11)14(9,12)13/h4H,1-3H3. The predicted molar refractivity (Wildman–Crippen MR) is 55.3 cm³/mol. The minimum atomic E-state index is -3.82. The SMILES string of the molecule is CC(C)(C)n1ncc(S(=O)(=O)Cl)c1Cl. The van der Waals surface area contributed by atoms with Crippen LogP contribution in [0.2, 0.25) is 5.15 Å². The molecule has 1 aromatic heterocycles. The van der Waals surface area contributed by atoms with Crippen LogP contribution in [0.3, 0.4) is 0 Å². The highest BCUT2D eigenvalue weighted by Crippen LogP contribution is 2.28. The van der Waals surface area contributed by atoms with Gasteiger partial charge in [0.1, 0.15) is 10.0 Å². The molecule has 0 spiro atoms. The summed E-state index contributed by atoms with van der Waals surface area (Å²) in [5.41, 5.74) is -0.378. The zero-order valence-electron chi connectivity index (χ0n) is 7.95. The molecule has 0 amide bonds.